The number of rotatable bonds is 4. The average Bonchev–Trinajstić information content (AvgIpc) is 2.15. The van der Waals surface area contributed by atoms with E-state index < -0.39 is 11.7 Å². The van der Waals surface area contributed by atoms with E-state index in [1.165, 1.54) is 4.90 Å². The molecule has 0 radical (unpaired) electrons. The Morgan fingerprint density at radius 2 is 2.00 bits per heavy atom. The Kier molecular flexibility index (Phi) is 5.75. The third-order valence-corrected chi connectivity index (χ3v) is 2.51. The second-order valence-electron chi connectivity index (χ2n) is 5.01. The lowest BCUT2D eigenvalue weighted by Gasteiger charge is -2.32. The number of hydrogen-bond acceptors (Lipinski definition) is 4. The van der Waals surface area contributed by atoms with Crippen LogP contribution in [0.25, 0.3) is 0 Å². The molecule has 0 spiro atoms. The van der Waals surface area contributed by atoms with Gasteiger partial charge in [-0.1, -0.05) is 0 Å². The van der Waals surface area contributed by atoms with Gasteiger partial charge in [-0.3, -0.25) is 0 Å². The Hall–Kier alpha value is -0.810. The van der Waals surface area contributed by atoms with Crippen LogP contribution in [0.3, 0.4) is 0 Å². The molecule has 0 bridgehead atoms. The first-order valence-corrected chi connectivity index (χ1v) is 5.49. The highest BCUT2D eigenvalue weighted by atomic mass is 16.6. The van der Waals surface area contributed by atoms with Crippen molar-refractivity contribution < 1.29 is 14.6 Å². The number of carbonyl (C=O) groups excluding carboxylic acids is 1. The summed E-state index contributed by atoms with van der Waals surface area (Å²) in [5.41, 5.74) is 5.00. The van der Waals surface area contributed by atoms with Crippen LogP contribution in [-0.2, 0) is 4.74 Å². The van der Waals surface area contributed by atoms with Crippen molar-refractivity contribution in [1.29, 1.82) is 0 Å². The van der Waals surface area contributed by atoms with Crippen LogP contribution in [0.5, 0.6) is 0 Å². The third kappa shape index (κ3) is 4.81. The maximum absolute atomic E-state index is 11.7. The Morgan fingerprint density at radius 1 is 1.50 bits per heavy atom. The molecule has 16 heavy (non-hydrogen) atoms. The van der Waals surface area contributed by atoms with E-state index in [1.807, 2.05) is 27.7 Å². The second-order valence-corrected chi connectivity index (χ2v) is 5.01. The molecule has 96 valence electrons. The first-order valence-electron chi connectivity index (χ1n) is 5.49. The fraction of sp³-hybridized carbons (Fsp3) is 0.909. The molecular formula is C11H24N2O3. The average molecular weight is 232 g/mol. The topological polar surface area (TPSA) is 75.8 Å². The van der Waals surface area contributed by atoms with Gasteiger partial charge in [0, 0.05) is 25.6 Å². The maximum Gasteiger partial charge on any atom is 0.410 e. The molecule has 5 heteroatoms. The van der Waals surface area contributed by atoms with Crippen LogP contribution in [0, 0.1) is 5.92 Å². The molecule has 3 N–H and O–H groups in total. The van der Waals surface area contributed by atoms with E-state index in [0.29, 0.717) is 6.54 Å². The van der Waals surface area contributed by atoms with Gasteiger partial charge in [0.1, 0.15) is 5.60 Å². The van der Waals surface area contributed by atoms with Crippen molar-refractivity contribution in [1.82, 2.24) is 4.90 Å². The maximum atomic E-state index is 11.7. The molecule has 0 aliphatic heterocycles. The Labute approximate surface area is 97.6 Å². The summed E-state index contributed by atoms with van der Waals surface area (Å²) in [5, 5.41) is 9.10. The van der Waals surface area contributed by atoms with Crippen LogP contribution in [0.2, 0.25) is 0 Å². The molecule has 0 heterocycles. The lowest BCUT2D eigenvalue weighted by Crippen LogP contribution is -2.45. The predicted octanol–water partition coefficient (Wildman–Crippen LogP) is 0.809. The number of hydrogen-bond donors (Lipinski definition) is 2. The first kappa shape index (κ1) is 15.2. The number of amides is 1. The van der Waals surface area contributed by atoms with Crippen molar-refractivity contribution in [3.63, 3.8) is 0 Å². The molecule has 0 saturated heterocycles. The second kappa shape index (κ2) is 6.06. The van der Waals surface area contributed by atoms with Gasteiger partial charge in [0.25, 0.3) is 0 Å². The Morgan fingerprint density at radius 3 is 2.31 bits per heavy atom. The molecule has 0 aliphatic rings. The lowest BCUT2D eigenvalue weighted by molar-refractivity contribution is 0.0156. The van der Waals surface area contributed by atoms with E-state index in [4.69, 9.17) is 15.6 Å². The first-order chi connectivity index (χ1) is 7.22. The van der Waals surface area contributed by atoms with Crippen molar-refractivity contribution in [2.75, 3.05) is 20.2 Å². The summed E-state index contributed by atoms with van der Waals surface area (Å²) < 4.78 is 5.22. The van der Waals surface area contributed by atoms with Gasteiger partial charge in [-0.05, 0) is 34.2 Å². The minimum Gasteiger partial charge on any atom is -0.444 e. The third-order valence-electron chi connectivity index (χ3n) is 2.51. The van der Waals surface area contributed by atoms with Gasteiger partial charge in [-0.25, -0.2) is 4.79 Å². The summed E-state index contributed by atoms with van der Waals surface area (Å²) in [7, 11) is 1.65. The standard InChI is InChI=1S/C11H24N2O3/c1-8(9(6-12)7-14)13(5)10(15)16-11(2,3)4/h8-9,14H,6-7,12H2,1-5H3. The summed E-state index contributed by atoms with van der Waals surface area (Å²) >= 11 is 0. The lowest BCUT2D eigenvalue weighted by atomic mass is 10.0. The quantitative estimate of drug-likeness (QED) is 0.752. The van der Waals surface area contributed by atoms with Crippen LogP contribution in [0.15, 0.2) is 0 Å². The molecule has 0 aliphatic carbocycles. The molecule has 0 aromatic rings. The van der Waals surface area contributed by atoms with Gasteiger partial charge in [0.05, 0.1) is 0 Å². The summed E-state index contributed by atoms with van der Waals surface area (Å²) in [6.07, 6.45) is -0.396. The number of aliphatic hydroxyl groups is 1. The zero-order chi connectivity index (χ0) is 12.9. The molecule has 2 unspecified atom stereocenters. The fourth-order valence-electron chi connectivity index (χ4n) is 1.24. The highest BCUT2D eigenvalue weighted by Crippen LogP contribution is 2.14. The zero-order valence-electron chi connectivity index (χ0n) is 10.9. The van der Waals surface area contributed by atoms with Gasteiger partial charge in [0.2, 0.25) is 0 Å². The number of ether oxygens (including phenoxy) is 1. The molecule has 0 aromatic carbocycles. The van der Waals surface area contributed by atoms with E-state index in [-0.39, 0.29) is 18.6 Å². The van der Waals surface area contributed by atoms with E-state index in [1.54, 1.807) is 7.05 Å². The smallest absolute Gasteiger partial charge is 0.410 e. The van der Waals surface area contributed by atoms with Gasteiger partial charge in [0.15, 0.2) is 0 Å². The Balaban J connectivity index is 4.42. The highest BCUT2D eigenvalue weighted by Gasteiger charge is 2.26. The van der Waals surface area contributed by atoms with Crippen molar-refractivity contribution in [2.45, 2.75) is 39.3 Å². The predicted molar refractivity (Wildman–Crippen MR) is 63.1 cm³/mol. The number of aliphatic hydroxyl groups excluding tert-OH is 1. The van der Waals surface area contributed by atoms with Crippen LogP contribution >= 0.6 is 0 Å². The van der Waals surface area contributed by atoms with Crippen LogP contribution in [-0.4, -0.2) is 47.9 Å². The molecule has 0 rings (SSSR count). The summed E-state index contributed by atoms with van der Waals surface area (Å²) in [6, 6.07) is -0.148. The SMILES string of the molecule is CC(C(CN)CO)N(C)C(=O)OC(C)(C)C. The molecule has 1 amide bonds. The van der Waals surface area contributed by atoms with E-state index in [0.717, 1.165) is 0 Å². The summed E-state index contributed by atoms with van der Waals surface area (Å²) in [6.45, 7) is 7.59. The van der Waals surface area contributed by atoms with Crippen LogP contribution in [0.4, 0.5) is 4.79 Å². The van der Waals surface area contributed by atoms with Crippen LogP contribution < -0.4 is 5.73 Å². The largest absolute Gasteiger partial charge is 0.444 e. The monoisotopic (exact) mass is 232 g/mol. The Bertz CT molecular complexity index is 222. The summed E-state index contributed by atoms with van der Waals surface area (Å²) in [4.78, 5) is 13.2. The molecule has 2 atom stereocenters. The molecule has 0 aromatic heterocycles. The molecule has 0 fully saturated rings. The number of nitrogens with zero attached hydrogens (tertiary/aromatic N) is 1. The highest BCUT2D eigenvalue weighted by molar-refractivity contribution is 5.68. The van der Waals surface area contributed by atoms with E-state index in [2.05, 4.69) is 0 Å². The minimum atomic E-state index is -0.511. The zero-order valence-corrected chi connectivity index (χ0v) is 10.9. The van der Waals surface area contributed by atoms with Crippen LogP contribution in [0.1, 0.15) is 27.7 Å². The van der Waals surface area contributed by atoms with Crippen molar-refractivity contribution >= 4 is 6.09 Å². The van der Waals surface area contributed by atoms with Gasteiger partial charge in [-0.2, -0.15) is 0 Å². The van der Waals surface area contributed by atoms with Gasteiger partial charge in [-0.15, -0.1) is 0 Å². The summed E-state index contributed by atoms with van der Waals surface area (Å²) in [5.74, 6) is -0.127. The fourth-order valence-corrected chi connectivity index (χ4v) is 1.24. The molecule has 5 nitrogen and oxygen atoms in total. The van der Waals surface area contributed by atoms with Crippen molar-refractivity contribution in [2.24, 2.45) is 11.7 Å². The minimum absolute atomic E-state index is 0.0369. The van der Waals surface area contributed by atoms with E-state index in [9.17, 15) is 4.79 Å². The molecule has 0 saturated carbocycles. The van der Waals surface area contributed by atoms with Crippen molar-refractivity contribution in [3.05, 3.63) is 0 Å². The normalized spacial score (nSPS) is 15.4. The van der Waals surface area contributed by atoms with Gasteiger partial charge < -0.3 is 20.5 Å². The van der Waals surface area contributed by atoms with E-state index >= 15 is 0 Å². The van der Waals surface area contributed by atoms with Gasteiger partial charge >= 0.3 is 6.09 Å². The van der Waals surface area contributed by atoms with Crippen molar-refractivity contribution in [3.8, 4) is 0 Å². The number of carbonyl (C=O) groups is 1. The number of nitrogens with two attached hydrogens (primary N) is 1. The molecular weight excluding hydrogens is 208 g/mol.